The molecule has 1 aliphatic heterocycles. The third-order valence-corrected chi connectivity index (χ3v) is 3.35. The lowest BCUT2D eigenvalue weighted by Gasteiger charge is -2.26. The molecule has 96 valence electrons. The van der Waals surface area contributed by atoms with Gasteiger partial charge in [-0.25, -0.2) is 0 Å². The van der Waals surface area contributed by atoms with Crippen LogP contribution in [0.2, 0.25) is 0 Å². The molecule has 1 saturated heterocycles. The molecule has 0 saturated carbocycles. The molecule has 1 heterocycles. The Balaban J connectivity index is 2.07. The molecule has 0 aromatic rings. The largest absolute Gasteiger partial charge is 0.392 e. The second-order valence-corrected chi connectivity index (χ2v) is 5.04. The number of aliphatic hydroxyl groups excluding tert-OH is 1. The summed E-state index contributed by atoms with van der Waals surface area (Å²) in [4.78, 5) is 0. The molecule has 2 N–H and O–H groups in total. The molecule has 2 atom stereocenters. The average Bonchev–Trinajstić information content (AvgIpc) is 2.28. The molecule has 1 aliphatic rings. The lowest BCUT2D eigenvalue weighted by atomic mass is 9.93. The van der Waals surface area contributed by atoms with Crippen molar-refractivity contribution < 1.29 is 9.84 Å². The van der Waals surface area contributed by atoms with E-state index in [1.165, 1.54) is 19.3 Å². The maximum Gasteiger partial charge on any atom is 0.0664 e. The molecule has 3 heteroatoms. The number of aliphatic hydroxyl groups is 1. The first-order chi connectivity index (χ1) is 7.72. The van der Waals surface area contributed by atoms with E-state index in [4.69, 9.17) is 4.74 Å². The van der Waals surface area contributed by atoms with Gasteiger partial charge in [0.25, 0.3) is 0 Å². The summed E-state index contributed by atoms with van der Waals surface area (Å²) >= 11 is 0. The van der Waals surface area contributed by atoms with Crippen molar-refractivity contribution >= 4 is 0 Å². The van der Waals surface area contributed by atoms with Gasteiger partial charge in [-0.05, 0) is 38.5 Å². The molecule has 2 unspecified atom stereocenters. The van der Waals surface area contributed by atoms with Gasteiger partial charge in [0.1, 0.15) is 0 Å². The summed E-state index contributed by atoms with van der Waals surface area (Å²) in [7, 11) is 0. The normalized spacial score (nSPS) is 21.9. The van der Waals surface area contributed by atoms with Crippen LogP contribution in [-0.2, 0) is 4.74 Å². The van der Waals surface area contributed by atoms with Gasteiger partial charge in [0.15, 0.2) is 0 Å². The van der Waals surface area contributed by atoms with Gasteiger partial charge >= 0.3 is 0 Å². The summed E-state index contributed by atoms with van der Waals surface area (Å²) in [5.74, 6) is 0.805. The predicted octanol–water partition coefficient (Wildman–Crippen LogP) is 1.94. The third-order valence-electron chi connectivity index (χ3n) is 3.35. The van der Waals surface area contributed by atoms with Crippen LogP contribution >= 0.6 is 0 Å². The summed E-state index contributed by atoms with van der Waals surface area (Å²) in [5, 5.41) is 13.0. The zero-order valence-electron chi connectivity index (χ0n) is 10.7. The second kappa shape index (κ2) is 8.04. The van der Waals surface area contributed by atoms with E-state index in [0.717, 1.165) is 38.5 Å². The van der Waals surface area contributed by atoms with E-state index < -0.39 is 0 Å². The van der Waals surface area contributed by atoms with Crippen molar-refractivity contribution in [2.24, 2.45) is 5.92 Å². The summed E-state index contributed by atoms with van der Waals surface area (Å²) in [5.41, 5.74) is 0. The molecular weight excluding hydrogens is 202 g/mol. The number of nitrogens with one attached hydrogen (secondary N) is 1. The van der Waals surface area contributed by atoms with Crippen LogP contribution in [0.4, 0.5) is 0 Å². The summed E-state index contributed by atoms with van der Waals surface area (Å²) in [6, 6.07) is 0.509. The number of rotatable bonds is 7. The van der Waals surface area contributed by atoms with Crippen molar-refractivity contribution in [3.8, 4) is 0 Å². The van der Waals surface area contributed by atoms with Crippen LogP contribution in [0.1, 0.15) is 46.0 Å². The molecule has 0 bridgehead atoms. The first-order valence-corrected chi connectivity index (χ1v) is 6.71. The second-order valence-electron chi connectivity index (χ2n) is 5.04. The van der Waals surface area contributed by atoms with Crippen molar-refractivity contribution in [1.29, 1.82) is 0 Å². The molecule has 1 fully saturated rings. The standard InChI is InChI=1S/C13H27NO2/c1-3-4-13(15)10-14-11(2)9-12-5-7-16-8-6-12/h11-15H,3-10H2,1-2H3. The fraction of sp³-hybridized carbons (Fsp3) is 1.00. The highest BCUT2D eigenvalue weighted by molar-refractivity contribution is 4.72. The molecule has 0 radical (unpaired) electrons. The Morgan fingerprint density at radius 2 is 2.06 bits per heavy atom. The highest BCUT2D eigenvalue weighted by atomic mass is 16.5. The Morgan fingerprint density at radius 1 is 1.38 bits per heavy atom. The molecule has 1 rings (SSSR count). The molecule has 16 heavy (non-hydrogen) atoms. The van der Waals surface area contributed by atoms with Gasteiger partial charge in [0.2, 0.25) is 0 Å². The molecule has 0 aromatic heterocycles. The van der Waals surface area contributed by atoms with Crippen LogP contribution < -0.4 is 5.32 Å². The maximum atomic E-state index is 9.62. The minimum absolute atomic E-state index is 0.179. The van der Waals surface area contributed by atoms with E-state index in [-0.39, 0.29) is 6.10 Å². The molecular formula is C13H27NO2. The molecule has 0 amide bonds. The first-order valence-electron chi connectivity index (χ1n) is 6.71. The van der Waals surface area contributed by atoms with Crippen molar-refractivity contribution in [2.45, 2.75) is 58.1 Å². The Bertz CT molecular complexity index is 169. The van der Waals surface area contributed by atoms with Crippen molar-refractivity contribution in [2.75, 3.05) is 19.8 Å². The average molecular weight is 229 g/mol. The monoisotopic (exact) mass is 229 g/mol. The predicted molar refractivity (Wildman–Crippen MR) is 66.5 cm³/mol. The van der Waals surface area contributed by atoms with Crippen molar-refractivity contribution in [1.82, 2.24) is 5.32 Å². The van der Waals surface area contributed by atoms with Crippen LogP contribution in [0.5, 0.6) is 0 Å². The molecule has 0 aromatic carbocycles. The van der Waals surface area contributed by atoms with Crippen LogP contribution in [0.15, 0.2) is 0 Å². The zero-order valence-corrected chi connectivity index (χ0v) is 10.7. The van der Waals surface area contributed by atoms with E-state index >= 15 is 0 Å². The molecule has 0 aliphatic carbocycles. The SMILES string of the molecule is CCCC(O)CNC(C)CC1CCOCC1. The van der Waals surface area contributed by atoms with Gasteiger partial charge in [-0.2, -0.15) is 0 Å². The van der Waals surface area contributed by atoms with Gasteiger partial charge in [-0.3, -0.25) is 0 Å². The quantitative estimate of drug-likeness (QED) is 0.701. The minimum atomic E-state index is -0.179. The number of hydrogen-bond acceptors (Lipinski definition) is 3. The van der Waals surface area contributed by atoms with Crippen LogP contribution in [0.3, 0.4) is 0 Å². The highest BCUT2D eigenvalue weighted by Crippen LogP contribution is 2.19. The molecule has 3 nitrogen and oxygen atoms in total. The van der Waals surface area contributed by atoms with Gasteiger partial charge in [-0.1, -0.05) is 13.3 Å². The topological polar surface area (TPSA) is 41.5 Å². The van der Waals surface area contributed by atoms with Crippen molar-refractivity contribution in [3.63, 3.8) is 0 Å². The van der Waals surface area contributed by atoms with E-state index in [1.807, 2.05) is 0 Å². The summed E-state index contributed by atoms with van der Waals surface area (Å²) < 4.78 is 5.35. The Kier molecular flexibility index (Phi) is 7.01. The van der Waals surface area contributed by atoms with Gasteiger partial charge < -0.3 is 15.2 Å². The van der Waals surface area contributed by atoms with E-state index in [1.54, 1.807) is 0 Å². The summed E-state index contributed by atoms with van der Waals surface area (Å²) in [6.07, 6.45) is 5.38. The van der Waals surface area contributed by atoms with Gasteiger partial charge in [-0.15, -0.1) is 0 Å². The van der Waals surface area contributed by atoms with Gasteiger partial charge in [0.05, 0.1) is 6.10 Å². The van der Waals surface area contributed by atoms with E-state index in [0.29, 0.717) is 6.04 Å². The Hall–Kier alpha value is -0.120. The zero-order chi connectivity index (χ0) is 11.8. The maximum absolute atomic E-state index is 9.62. The highest BCUT2D eigenvalue weighted by Gasteiger charge is 2.16. The van der Waals surface area contributed by atoms with Gasteiger partial charge in [0, 0.05) is 25.8 Å². The minimum Gasteiger partial charge on any atom is -0.392 e. The molecule has 0 spiro atoms. The fourth-order valence-corrected chi connectivity index (χ4v) is 2.34. The fourth-order valence-electron chi connectivity index (χ4n) is 2.34. The number of ether oxygens (including phenoxy) is 1. The third kappa shape index (κ3) is 5.83. The van der Waals surface area contributed by atoms with E-state index in [2.05, 4.69) is 19.2 Å². The Labute approximate surface area is 99.6 Å². The first kappa shape index (κ1) is 13.9. The Morgan fingerprint density at radius 3 is 2.69 bits per heavy atom. The van der Waals surface area contributed by atoms with Crippen LogP contribution in [0.25, 0.3) is 0 Å². The summed E-state index contributed by atoms with van der Waals surface area (Å²) in [6.45, 7) is 6.91. The smallest absolute Gasteiger partial charge is 0.0664 e. The lowest BCUT2D eigenvalue weighted by Crippen LogP contribution is -2.35. The lowest BCUT2D eigenvalue weighted by molar-refractivity contribution is 0.0603. The number of hydrogen-bond donors (Lipinski definition) is 2. The van der Waals surface area contributed by atoms with Crippen LogP contribution in [-0.4, -0.2) is 37.0 Å². The van der Waals surface area contributed by atoms with Crippen molar-refractivity contribution in [3.05, 3.63) is 0 Å². The van der Waals surface area contributed by atoms with Crippen LogP contribution in [0, 0.1) is 5.92 Å². The van der Waals surface area contributed by atoms with E-state index in [9.17, 15) is 5.11 Å².